The van der Waals surface area contributed by atoms with E-state index in [9.17, 15) is 66.3 Å². The number of aromatic amines is 3. The molecule has 0 spiro atoms. The first-order valence-electron chi connectivity index (χ1n) is 45.5. The number of rotatable bonds is 28. The average Bonchev–Trinajstić information content (AvgIpc) is 1.78. The van der Waals surface area contributed by atoms with Gasteiger partial charge in [-0.05, 0) is 105 Å². The van der Waals surface area contributed by atoms with Crippen LogP contribution < -0.4 is 75.1 Å². The number of benzene rings is 3. The Kier molecular flexibility index (Phi) is 41.3. The number of ketones is 1. The third kappa shape index (κ3) is 32.3. The molecule has 0 unspecified atom stereocenters. The molecule has 137 heavy (non-hydrogen) atoms. The number of H-pyrrole nitrogens is 3. The van der Waals surface area contributed by atoms with Gasteiger partial charge in [0.05, 0.1) is 44.5 Å². The summed E-state index contributed by atoms with van der Waals surface area (Å²) in [6, 6.07) is 1.31. The molecule has 0 radical (unpaired) electrons. The number of carbonyl (C=O) groups excluding carboxylic acids is 17. The Hall–Kier alpha value is -13.5. The number of sulfonamides is 1. The molecule has 13 atom stereocenters. The van der Waals surface area contributed by atoms with Crippen LogP contribution in [-0.4, -0.2) is 315 Å². The smallest absolute Gasteiger partial charge is 0.246 e. The fourth-order valence-corrected chi connectivity index (χ4v) is 17.8. The molecule has 46 heteroatoms. The minimum absolute atomic E-state index is 0.00486. The summed E-state index contributed by atoms with van der Waals surface area (Å²) in [4.78, 5) is 268. The van der Waals surface area contributed by atoms with Crippen molar-refractivity contribution in [3.8, 4) is 0 Å². The van der Waals surface area contributed by atoms with Crippen molar-refractivity contribution >= 4 is 156 Å². The van der Waals surface area contributed by atoms with Gasteiger partial charge in [-0.1, -0.05) is 102 Å². The quantitative estimate of drug-likeness (QED) is 0.0148. The number of amides is 16. The van der Waals surface area contributed by atoms with Crippen LogP contribution >= 0.6 is 11.8 Å². The molecule has 2 saturated heterocycles. The van der Waals surface area contributed by atoms with Gasteiger partial charge in [0.2, 0.25) is 105 Å². The lowest BCUT2D eigenvalue weighted by molar-refractivity contribution is -0.149. The van der Waals surface area contributed by atoms with Crippen molar-refractivity contribution < 1.29 is 95.0 Å². The molecule has 44 nitrogen and oxygen atoms in total. The molecule has 6 aromatic rings. The van der Waals surface area contributed by atoms with E-state index in [0.717, 1.165) is 42.5 Å². The zero-order chi connectivity index (χ0) is 101. The lowest BCUT2D eigenvalue weighted by Gasteiger charge is -2.36. The number of nitrogens with one attached hydrogen (secondary N) is 15. The minimum Gasteiger partial charge on any atom is -0.394 e. The summed E-state index contributed by atoms with van der Waals surface area (Å²) in [5, 5.41) is 46.7. The van der Waals surface area contributed by atoms with E-state index < -0.39 is 239 Å². The van der Waals surface area contributed by atoms with E-state index in [1.54, 1.807) is 74.8 Å². The first-order valence-corrected chi connectivity index (χ1v) is 48.6. The Labute approximate surface area is 798 Å². The molecular weight excluding hydrogens is 1810 g/mol. The van der Waals surface area contributed by atoms with Crippen molar-refractivity contribution in [3.05, 3.63) is 120 Å². The van der Waals surface area contributed by atoms with Gasteiger partial charge in [0, 0.05) is 130 Å². The lowest BCUT2D eigenvalue weighted by atomic mass is 9.92. The highest BCUT2D eigenvalue weighted by atomic mass is 32.2. The highest BCUT2D eigenvalue weighted by Gasteiger charge is 2.44. The molecule has 3 aromatic carbocycles. The van der Waals surface area contributed by atoms with Crippen LogP contribution in [0.4, 0.5) is 5.69 Å². The number of aliphatic hydroxyl groups is 1. The van der Waals surface area contributed by atoms with Crippen molar-refractivity contribution in [2.75, 3.05) is 83.5 Å². The second-order valence-electron chi connectivity index (χ2n) is 35.1. The number of thioether (sulfide) groups is 1. The highest BCUT2D eigenvalue weighted by molar-refractivity contribution is 8.00. The molecule has 16 amide bonds. The average molecular weight is 1940 g/mol. The monoisotopic (exact) mass is 1940 g/mol. The zero-order valence-corrected chi connectivity index (χ0v) is 80.4. The molecule has 2 fully saturated rings. The molecule has 22 N–H and O–H groups in total. The number of Topliss-reactive ketones (excluding diaryl/α,β-unsaturated/α-hetero) is 1. The molecule has 2 aliphatic heterocycles. The third-order valence-corrected chi connectivity index (χ3v) is 25.5. The molecule has 0 saturated carbocycles. The number of anilines is 1. The number of carbonyl (C=O) groups is 17. The normalized spacial score (nSPS) is 23.2. The summed E-state index contributed by atoms with van der Waals surface area (Å²) in [5.74, 6) is -18.7. The van der Waals surface area contributed by atoms with Gasteiger partial charge in [-0.2, -0.15) is 0 Å². The third-order valence-electron chi connectivity index (χ3n) is 23.8. The van der Waals surface area contributed by atoms with Gasteiger partial charge >= 0.3 is 0 Å². The molecule has 5 heterocycles. The maximum absolute atomic E-state index is 15.7. The van der Waals surface area contributed by atoms with E-state index in [0.29, 0.717) is 69.9 Å². The Balaban J connectivity index is 1.19. The minimum atomic E-state index is -3.78. The highest BCUT2D eigenvalue weighted by Crippen LogP contribution is 2.28. The van der Waals surface area contributed by atoms with Gasteiger partial charge in [0.1, 0.15) is 72.5 Å². The molecule has 0 bridgehead atoms. The Morgan fingerprint density at radius 2 is 1.15 bits per heavy atom. The van der Waals surface area contributed by atoms with Gasteiger partial charge in [0.15, 0.2) is 11.7 Å². The van der Waals surface area contributed by atoms with Crippen LogP contribution in [0.15, 0.2) is 97.7 Å². The van der Waals surface area contributed by atoms with Crippen molar-refractivity contribution in [2.24, 2.45) is 29.0 Å². The number of nitrogens with two attached hydrogens (primary N) is 3. The van der Waals surface area contributed by atoms with Gasteiger partial charge in [-0.15, -0.1) is 11.8 Å². The number of para-hydroxylation sites is 2. The van der Waals surface area contributed by atoms with Crippen molar-refractivity contribution in [2.45, 2.75) is 216 Å². The van der Waals surface area contributed by atoms with Crippen LogP contribution in [0.5, 0.6) is 0 Å². The fraction of sp³-hybridized carbons (Fsp3) is 0.527. The summed E-state index contributed by atoms with van der Waals surface area (Å²) in [7, 11) is 1.43. The Morgan fingerprint density at radius 1 is 0.584 bits per heavy atom. The number of hydrogen-bond donors (Lipinski definition) is 19. The predicted molar refractivity (Wildman–Crippen MR) is 509 cm³/mol. The van der Waals surface area contributed by atoms with Crippen LogP contribution in [-0.2, 0) is 117 Å². The number of primary amides is 2. The van der Waals surface area contributed by atoms with Crippen molar-refractivity contribution in [3.63, 3.8) is 0 Å². The van der Waals surface area contributed by atoms with Crippen LogP contribution in [0.2, 0.25) is 0 Å². The number of hydrogen-bond acceptors (Lipinski definition) is 23. The van der Waals surface area contributed by atoms with Gasteiger partial charge in [-0.25, -0.2) is 13.4 Å². The van der Waals surface area contributed by atoms with Crippen LogP contribution in [0.3, 0.4) is 0 Å². The SMILES string of the molecule is CCCC[C@H]1C(=O)N(C)[C@@H](CCCC)C(=O)N[C@@H](CCCNC(=N)N)C(=O)N[C@H](C(=O)NCC(N)=O)CSCC(=O)N[C@@H](Cc2ccc(NS(C)(=O)=O)cc2)C(=O)N(C)[C@@H](C)C(=O)N[C@@H](CC(N)=O)C(=O)N2CCC[C@H]2C(=O)N[C@@H](Cc2cnc[nH]2)C(=O)N[C@@H](CC(C)C)C(=O)N(C)CC(=O)C[C@@H](Cc2c[nH]c3ccccc23)C(=O)N[C@@H](CO)C(=O)N[C@@H](Cc2c[nH]c3ccccc23)C(=O)N1C. The second kappa shape index (κ2) is 52.0. The van der Waals surface area contributed by atoms with Crippen molar-refractivity contribution in [1.29, 1.82) is 5.41 Å². The summed E-state index contributed by atoms with van der Waals surface area (Å²) in [6.07, 6.45) is 6.03. The number of fused-ring (bicyclic) bond motifs is 3. The first kappa shape index (κ1) is 109. The van der Waals surface area contributed by atoms with Gasteiger partial charge < -0.3 is 115 Å². The Morgan fingerprint density at radius 3 is 1.75 bits per heavy atom. The number of likely N-dealkylation sites (N-methyl/N-ethyl adjacent to an activating group) is 4. The van der Waals surface area contributed by atoms with Crippen molar-refractivity contribution in [1.82, 2.24) is 97.6 Å². The number of unbranched alkanes of at least 4 members (excludes halogenated alkanes) is 2. The molecule has 2 aliphatic rings. The number of nitrogens with zero attached hydrogens (tertiary/aromatic N) is 6. The van der Waals surface area contributed by atoms with E-state index in [2.05, 4.69) is 77.8 Å². The molecule has 0 aliphatic carbocycles. The molecule has 8 rings (SSSR count). The lowest BCUT2D eigenvalue weighted by Crippen LogP contribution is -2.61. The maximum Gasteiger partial charge on any atom is 0.246 e. The summed E-state index contributed by atoms with van der Waals surface area (Å²) in [5.41, 5.74) is 20.0. The molecule has 3 aromatic heterocycles. The van der Waals surface area contributed by atoms with Crippen LogP contribution in [0.25, 0.3) is 21.8 Å². The number of guanidine groups is 1. The topological polar surface area (TPSA) is 655 Å². The summed E-state index contributed by atoms with van der Waals surface area (Å²) >= 11 is 0.739. The standard InChI is InChI=1S/C91H130N24O20S2/c1-11-13-26-72-84(127)103-64(25-19-33-97-91(94)95)81(124)109-71(80(123)100-45-76(93)119)48-136-49-77(120)102-67(36-53-29-31-57(32-30-53)110-137(10,134)135)87(130)112(7)52(5)78(121)105-69(41-75(92)118)89(132)115-34-20-28-73(115)85(128)104-65(40-58-44-96-50-101-58)82(125)106-66(35-51(3)4)86(129)111(6)46-59(117)38-54(37-55-42-98-62-23-17-15-21-60(55)62)79(122)108-70(47-116)83(126)107-68(39-56-43-99-63-24-18-16-22-61(56)63)88(131)114(9)74(27-14-12-2)90(133)113(72)8/h15-18,21-24,29-32,42-44,50-52,54,64-74,98-99,110,116H,11-14,19-20,25-28,33-41,45-49H2,1-10H3,(H2,92,118)(H2,93,119)(H,96,101)(H,100,123)(H,102,120)(H,103,127)(H,104,128)(H,105,121)(H,106,125)(H,107,126)(H,108,122)(H,109,124)(H4,94,95,97)/t52-,54+,64-,65-,66-,67-,68-,69-,70-,71-,72-,73-,74-/m0/s1. The van der Waals surface area contributed by atoms with E-state index in [-0.39, 0.29) is 95.3 Å². The van der Waals surface area contributed by atoms with E-state index in [1.807, 2.05) is 13.8 Å². The maximum atomic E-state index is 15.7. The second-order valence-corrected chi connectivity index (χ2v) is 37.8. The van der Waals surface area contributed by atoms with Crippen LogP contribution in [0.1, 0.15) is 140 Å². The number of aliphatic hydroxyl groups excluding tert-OH is 1. The molecular formula is C91H130N24O20S2. The molecule has 746 valence electrons. The summed E-state index contributed by atoms with van der Waals surface area (Å²) < 4.78 is 26.7. The van der Waals surface area contributed by atoms with E-state index in [4.69, 9.17) is 22.6 Å². The van der Waals surface area contributed by atoms with E-state index in [1.165, 1.54) is 71.9 Å². The number of imidazole rings is 1. The van der Waals surface area contributed by atoms with Crippen LogP contribution in [0, 0.1) is 17.2 Å². The number of aromatic nitrogens is 4. The first-order chi connectivity index (χ1) is 65.0. The van der Waals surface area contributed by atoms with Gasteiger partial charge in [0.25, 0.3) is 0 Å². The largest absolute Gasteiger partial charge is 0.394 e. The fourth-order valence-electron chi connectivity index (χ4n) is 16.4. The Bertz CT molecular complexity index is 5400. The zero-order valence-electron chi connectivity index (χ0n) is 78.7. The predicted octanol–water partition coefficient (Wildman–Crippen LogP) is -1.68. The van der Waals surface area contributed by atoms with Gasteiger partial charge in [-0.3, -0.25) is 91.6 Å². The summed E-state index contributed by atoms with van der Waals surface area (Å²) in [6.45, 7) is 5.88. The van der Waals surface area contributed by atoms with E-state index >= 15 is 28.8 Å².